The van der Waals surface area contributed by atoms with Gasteiger partial charge in [0.25, 0.3) is 0 Å². The maximum atomic E-state index is 11.5. The molecule has 2 aromatic carbocycles. The number of carboxylic acids is 1. The lowest BCUT2D eigenvalue weighted by atomic mass is 9.99. The van der Waals surface area contributed by atoms with Crippen LogP contribution in [-0.2, 0) is 6.54 Å². The van der Waals surface area contributed by atoms with Crippen molar-refractivity contribution in [2.24, 2.45) is 0 Å². The molecule has 6 nitrogen and oxygen atoms in total. The summed E-state index contributed by atoms with van der Waals surface area (Å²) >= 11 is 0. The molecule has 1 aromatic heterocycles. The van der Waals surface area contributed by atoms with Crippen molar-refractivity contribution in [3.05, 3.63) is 65.5 Å². The minimum Gasteiger partial charge on any atom is -0.478 e. The molecule has 0 aliphatic rings. The summed E-state index contributed by atoms with van der Waals surface area (Å²) in [5.74, 6) is 0.271. The van der Waals surface area contributed by atoms with Crippen LogP contribution in [0.3, 0.4) is 0 Å². The molecule has 1 N–H and O–H groups in total. The quantitative estimate of drug-likeness (QED) is 0.554. The molecule has 0 saturated heterocycles. The third kappa shape index (κ3) is 4.83. The average Bonchev–Trinajstić information content (AvgIpc) is 3.14. The van der Waals surface area contributed by atoms with Gasteiger partial charge in [0, 0.05) is 5.92 Å². The number of nitrogens with zero attached hydrogens (tertiary/aromatic N) is 3. The van der Waals surface area contributed by atoms with Gasteiger partial charge in [-0.1, -0.05) is 63.2 Å². The summed E-state index contributed by atoms with van der Waals surface area (Å²) in [7, 11) is 0. The Labute approximate surface area is 171 Å². The van der Waals surface area contributed by atoms with Crippen LogP contribution in [-0.4, -0.2) is 32.4 Å². The summed E-state index contributed by atoms with van der Waals surface area (Å²) in [6.45, 7) is 7.50. The third-order valence-corrected chi connectivity index (χ3v) is 4.92. The fourth-order valence-electron chi connectivity index (χ4n) is 3.13. The van der Waals surface area contributed by atoms with Crippen LogP contribution in [0.1, 0.15) is 61.3 Å². The van der Waals surface area contributed by atoms with Gasteiger partial charge in [0.1, 0.15) is 5.82 Å². The van der Waals surface area contributed by atoms with Gasteiger partial charge in [-0.25, -0.2) is 9.48 Å². The fourth-order valence-corrected chi connectivity index (χ4v) is 3.13. The maximum Gasteiger partial charge on any atom is 0.336 e. The molecule has 0 fully saturated rings. The Morgan fingerprint density at radius 1 is 1.14 bits per heavy atom. The Bertz CT molecular complexity index is 964. The molecule has 0 aliphatic carbocycles. The van der Waals surface area contributed by atoms with Gasteiger partial charge in [0.05, 0.1) is 18.7 Å². The van der Waals surface area contributed by atoms with Crippen molar-refractivity contribution >= 4 is 5.97 Å². The van der Waals surface area contributed by atoms with Gasteiger partial charge in [-0.15, -0.1) is 5.10 Å². The van der Waals surface area contributed by atoms with Crippen LogP contribution in [0.4, 0.5) is 0 Å². The second-order valence-electron chi connectivity index (χ2n) is 7.12. The van der Waals surface area contributed by atoms with Crippen LogP contribution in [0, 0.1) is 0 Å². The number of ether oxygens (including phenoxy) is 1. The number of benzene rings is 2. The van der Waals surface area contributed by atoms with E-state index in [4.69, 9.17) is 4.74 Å². The first kappa shape index (κ1) is 20.6. The first-order valence-corrected chi connectivity index (χ1v) is 10.0. The van der Waals surface area contributed by atoms with Gasteiger partial charge in [-0.3, -0.25) is 0 Å². The average molecular weight is 393 g/mol. The second kappa shape index (κ2) is 9.37. The zero-order valence-corrected chi connectivity index (χ0v) is 17.1. The van der Waals surface area contributed by atoms with E-state index >= 15 is 0 Å². The number of aromatic carboxylic acids is 1. The van der Waals surface area contributed by atoms with E-state index in [-0.39, 0.29) is 5.92 Å². The van der Waals surface area contributed by atoms with Crippen LogP contribution < -0.4 is 4.74 Å². The summed E-state index contributed by atoms with van der Waals surface area (Å²) in [6, 6.07) is 15.4. The zero-order chi connectivity index (χ0) is 20.8. The van der Waals surface area contributed by atoms with Crippen LogP contribution in [0.15, 0.2) is 48.5 Å². The summed E-state index contributed by atoms with van der Waals surface area (Å²) in [4.78, 5) is 16.1. The third-order valence-electron chi connectivity index (χ3n) is 4.92. The van der Waals surface area contributed by atoms with Gasteiger partial charge in [0.2, 0.25) is 0 Å². The first-order chi connectivity index (χ1) is 14.0. The van der Waals surface area contributed by atoms with Gasteiger partial charge < -0.3 is 9.84 Å². The van der Waals surface area contributed by atoms with Gasteiger partial charge in [0.15, 0.2) is 0 Å². The summed E-state index contributed by atoms with van der Waals surface area (Å²) in [6.07, 6.45) is 1.88. The molecule has 0 radical (unpaired) electrons. The van der Waals surface area contributed by atoms with E-state index in [9.17, 15) is 9.90 Å². The molecule has 0 amide bonds. The summed E-state index contributed by atoms with van der Waals surface area (Å²) in [5, 5.41) is 14.0. The van der Waals surface area contributed by atoms with Crippen LogP contribution in [0.5, 0.6) is 6.01 Å². The topological polar surface area (TPSA) is 77.2 Å². The molecule has 0 aliphatic heterocycles. The van der Waals surface area contributed by atoms with Gasteiger partial charge in [-0.2, -0.15) is 4.98 Å². The van der Waals surface area contributed by atoms with E-state index in [0.29, 0.717) is 30.3 Å². The molecule has 152 valence electrons. The molecule has 0 saturated carbocycles. The summed E-state index contributed by atoms with van der Waals surface area (Å²) < 4.78 is 7.52. The van der Waals surface area contributed by atoms with Crippen molar-refractivity contribution in [3.63, 3.8) is 0 Å². The Kier molecular flexibility index (Phi) is 6.65. The molecule has 0 bridgehead atoms. The highest BCUT2D eigenvalue weighted by molar-refractivity contribution is 5.95. The van der Waals surface area contributed by atoms with Crippen LogP contribution >= 0.6 is 0 Å². The van der Waals surface area contributed by atoms with E-state index < -0.39 is 5.97 Å². The molecular weight excluding hydrogens is 366 g/mol. The number of carbonyl (C=O) groups is 1. The lowest BCUT2D eigenvalue weighted by Crippen LogP contribution is -2.09. The van der Waals surface area contributed by atoms with Crippen molar-refractivity contribution < 1.29 is 14.6 Å². The summed E-state index contributed by atoms with van der Waals surface area (Å²) in [5.41, 5.74) is 2.95. The van der Waals surface area contributed by atoms with E-state index in [1.165, 1.54) is 0 Å². The molecule has 29 heavy (non-hydrogen) atoms. The van der Waals surface area contributed by atoms with Gasteiger partial charge in [-0.05, 0) is 35.6 Å². The number of rotatable bonds is 9. The van der Waals surface area contributed by atoms with Crippen molar-refractivity contribution in [3.8, 4) is 17.1 Å². The largest absolute Gasteiger partial charge is 0.478 e. The molecule has 1 unspecified atom stereocenters. The molecule has 1 atom stereocenters. The number of hydrogen-bond donors (Lipinski definition) is 1. The van der Waals surface area contributed by atoms with E-state index in [0.717, 1.165) is 29.8 Å². The minimum absolute atomic E-state index is 0.281. The van der Waals surface area contributed by atoms with Crippen molar-refractivity contribution in [1.29, 1.82) is 0 Å². The minimum atomic E-state index is -0.926. The predicted octanol–water partition coefficient (Wildman–Crippen LogP) is 4.99. The Hall–Kier alpha value is -3.15. The Balaban J connectivity index is 1.85. The molecular formula is C23H27N3O3. The highest BCUT2D eigenvalue weighted by Gasteiger charge is 2.17. The van der Waals surface area contributed by atoms with Crippen molar-refractivity contribution in [1.82, 2.24) is 14.8 Å². The normalized spacial score (nSPS) is 12.0. The number of carboxylic acid groups (broad SMARTS) is 1. The lowest BCUT2D eigenvalue weighted by Gasteiger charge is -2.11. The van der Waals surface area contributed by atoms with E-state index in [2.05, 4.69) is 30.9 Å². The molecule has 6 heteroatoms. The SMILES string of the molecule is CCCOc1nc(C(C)CC)n(Cc2ccc(-c3ccccc3C(=O)O)cc2)n1. The highest BCUT2D eigenvalue weighted by atomic mass is 16.5. The fraction of sp³-hybridized carbons (Fsp3) is 0.348. The second-order valence-corrected chi connectivity index (χ2v) is 7.12. The van der Waals surface area contributed by atoms with E-state index in [1.807, 2.05) is 41.1 Å². The van der Waals surface area contributed by atoms with Crippen molar-refractivity contribution in [2.45, 2.75) is 46.1 Å². The molecule has 1 heterocycles. The zero-order valence-electron chi connectivity index (χ0n) is 17.1. The smallest absolute Gasteiger partial charge is 0.336 e. The van der Waals surface area contributed by atoms with Gasteiger partial charge >= 0.3 is 12.0 Å². The molecule has 3 rings (SSSR count). The number of hydrogen-bond acceptors (Lipinski definition) is 4. The molecule has 3 aromatic rings. The van der Waals surface area contributed by atoms with Crippen LogP contribution in [0.2, 0.25) is 0 Å². The monoisotopic (exact) mass is 393 g/mol. The number of aromatic nitrogens is 3. The lowest BCUT2D eigenvalue weighted by molar-refractivity contribution is 0.0697. The Morgan fingerprint density at radius 3 is 2.52 bits per heavy atom. The maximum absolute atomic E-state index is 11.5. The highest BCUT2D eigenvalue weighted by Crippen LogP contribution is 2.25. The standard InChI is InChI=1S/C23H27N3O3/c1-4-14-29-23-24-21(16(3)5-2)26(25-23)15-17-10-12-18(13-11-17)19-8-6-7-9-20(19)22(27)28/h6-13,16H,4-5,14-15H2,1-3H3,(H,27,28). The first-order valence-electron chi connectivity index (χ1n) is 10.0. The predicted molar refractivity (Wildman–Crippen MR) is 112 cm³/mol. The Morgan fingerprint density at radius 2 is 1.86 bits per heavy atom. The van der Waals surface area contributed by atoms with E-state index in [1.54, 1.807) is 12.1 Å². The van der Waals surface area contributed by atoms with Crippen LogP contribution in [0.25, 0.3) is 11.1 Å². The molecule has 0 spiro atoms. The van der Waals surface area contributed by atoms with Crippen molar-refractivity contribution in [2.75, 3.05) is 6.61 Å².